The predicted octanol–water partition coefficient (Wildman–Crippen LogP) is 4.66. The monoisotopic (exact) mass is 585 g/mol. The summed E-state index contributed by atoms with van der Waals surface area (Å²) in [4.78, 5) is 46.0. The number of likely N-dealkylation sites (tertiary alicyclic amines) is 2. The molecule has 3 amide bonds. The van der Waals surface area contributed by atoms with Crippen LogP contribution in [0.3, 0.4) is 0 Å². The van der Waals surface area contributed by atoms with Gasteiger partial charge in [-0.05, 0) is 86.7 Å². The van der Waals surface area contributed by atoms with Crippen molar-refractivity contribution in [3.63, 3.8) is 0 Å². The molecule has 2 saturated heterocycles. The molecule has 0 spiro atoms. The van der Waals surface area contributed by atoms with Gasteiger partial charge in [-0.25, -0.2) is 9.59 Å². The van der Waals surface area contributed by atoms with E-state index in [0.29, 0.717) is 36.2 Å². The van der Waals surface area contributed by atoms with Gasteiger partial charge in [0.15, 0.2) is 0 Å². The van der Waals surface area contributed by atoms with Crippen molar-refractivity contribution in [1.29, 1.82) is 0 Å². The number of aryl methyl sites for hydroxylation is 1. The third kappa shape index (κ3) is 6.51. The van der Waals surface area contributed by atoms with Crippen LogP contribution in [0, 0.1) is 0 Å². The maximum absolute atomic E-state index is 13.2. The van der Waals surface area contributed by atoms with Crippen LogP contribution in [0.2, 0.25) is 0 Å². The Kier molecular flexibility index (Phi) is 8.59. The van der Waals surface area contributed by atoms with Crippen LogP contribution in [0.5, 0.6) is 0 Å². The third-order valence-corrected chi connectivity index (χ3v) is 8.54. The summed E-state index contributed by atoms with van der Waals surface area (Å²) in [6.45, 7) is 5.25. The zero-order valence-electron chi connectivity index (χ0n) is 24.6. The quantitative estimate of drug-likeness (QED) is 0.211. The smallest absolute Gasteiger partial charge is 0.337 e. The summed E-state index contributed by atoms with van der Waals surface area (Å²) in [5.41, 5.74) is 5.11. The van der Waals surface area contributed by atoms with E-state index in [2.05, 4.69) is 30.7 Å². The lowest BCUT2D eigenvalue weighted by atomic mass is 9.97. The van der Waals surface area contributed by atoms with Crippen molar-refractivity contribution in [1.82, 2.24) is 30.3 Å². The minimum Gasteiger partial charge on any atom is -0.465 e. The second kappa shape index (κ2) is 12.9. The normalized spacial score (nSPS) is 15.7. The number of rotatable bonds is 9. The van der Waals surface area contributed by atoms with Gasteiger partial charge in [-0.15, -0.1) is 0 Å². The van der Waals surface area contributed by atoms with Gasteiger partial charge < -0.3 is 30.2 Å². The molecule has 43 heavy (non-hydrogen) atoms. The number of methoxy groups -OCH3 is 1. The summed E-state index contributed by atoms with van der Waals surface area (Å²) in [6.07, 6.45) is 8.40. The highest BCUT2D eigenvalue weighted by Crippen LogP contribution is 2.36. The van der Waals surface area contributed by atoms with E-state index in [1.165, 1.54) is 26.4 Å². The van der Waals surface area contributed by atoms with Crippen molar-refractivity contribution in [2.24, 2.45) is 0 Å². The van der Waals surface area contributed by atoms with E-state index in [0.717, 1.165) is 78.7 Å². The van der Waals surface area contributed by atoms with Crippen molar-refractivity contribution in [2.75, 3.05) is 51.7 Å². The summed E-state index contributed by atoms with van der Waals surface area (Å²) < 4.78 is 4.98. The summed E-state index contributed by atoms with van der Waals surface area (Å²) in [5, 5.41) is 15.0. The number of H-pyrrole nitrogens is 2. The van der Waals surface area contributed by atoms with E-state index in [1.54, 1.807) is 18.3 Å². The van der Waals surface area contributed by atoms with Crippen LogP contribution in [0.15, 0.2) is 36.5 Å². The fourth-order valence-electron chi connectivity index (χ4n) is 6.20. The van der Waals surface area contributed by atoms with Gasteiger partial charge in [0.2, 0.25) is 5.91 Å². The summed E-state index contributed by atoms with van der Waals surface area (Å²) in [6, 6.07) is 9.32. The summed E-state index contributed by atoms with van der Waals surface area (Å²) >= 11 is 0. The largest absolute Gasteiger partial charge is 0.465 e. The minimum absolute atomic E-state index is 0.0286. The number of urea groups is 1. The number of carbonyl (C=O) groups is 3. The lowest BCUT2D eigenvalue weighted by Crippen LogP contribution is -2.37. The van der Waals surface area contributed by atoms with Crippen molar-refractivity contribution in [3.05, 3.63) is 47.8 Å². The Morgan fingerprint density at radius 3 is 2.51 bits per heavy atom. The van der Waals surface area contributed by atoms with E-state index in [4.69, 9.17) is 4.74 Å². The molecular formula is C32H39N7O4. The number of ether oxygens (including phenoxy) is 1. The number of benzene rings is 2. The van der Waals surface area contributed by atoms with Crippen LogP contribution >= 0.6 is 0 Å². The highest BCUT2D eigenvalue weighted by molar-refractivity contribution is 6.07. The van der Waals surface area contributed by atoms with Gasteiger partial charge in [-0.2, -0.15) is 5.10 Å². The van der Waals surface area contributed by atoms with Crippen LogP contribution in [0.1, 0.15) is 54.6 Å². The standard InChI is InChI=1S/C32H39N7O4/c1-43-31(41)22-15-24(26-20-34-37-29(26)18-22)21-16-27-25(28(17-21)36-32(42)39-12-5-6-13-39)19-23(35-27)7-8-30(40)33-9-14-38-10-3-2-4-11-38/h15-20,35H,2-14H2,1H3,(H,33,40)(H,34,37)(H,36,42). The van der Waals surface area contributed by atoms with Crippen LogP contribution in [-0.4, -0.2) is 89.3 Å². The molecule has 11 nitrogen and oxygen atoms in total. The third-order valence-electron chi connectivity index (χ3n) is 8.54. The molecule has 4 heterocycles. The molecular weight excluding hydrogens is 546 g/mol. The number of carbonyl (C=O) groups excluding carboxylic acids is 3. The van der Waals surface area contributed by atoms with E-state index < -0.39 is 5.97 Å². The molecule has 2 aromatic carbocycles. The van der Waals surface area contributed by atoms with Gasteiger partial charge in [0.1, 0.15) is 0 Å². The lowest BCUT2D eigenvalue weighted by molar-refractivity contribution is -0.121. The number of hydrogen-bond donors (Lipinski definition) is 4. The molecule has 2 aromatic heterocycles. The minimum atomic E-state index is -0.447. The summed E-state index contributed by atoms with van der Waals surface area (Å²) in [7, 11) is 1.35. The Morgan fingerprint density at radius 2 is 1.72 bits per heavy atom. The Morgan fingerprint density at radius 1 is 0.930 bits per heavy atom. The van der Waals surface area contributed by atoms with E-state index >= 15 is 0 Å². The SMILES string of the molecule is COC(=O)c1cc(-c2cc(NC(=O)N3CCCC3)c3cc(CCC(=O)NCCN4CCCCC4)[nH]c3c2)c2cn[nH]c2c1. The predicted molar refractivity (Wildman–Crippen MR) is 166 cm³/mol. The van der Waals surface area contributed by atoms with Crippen LogP contribution in [0.25, 0.3) is 32.9 Å². The fourth-order valence-corrected chi connectivity index (χ4v) is 6.20. The molecule has 2 fully saturated rings. The van der Waals surface area contributed by atoms with Gasteiger partial charge in [0.05, 0.1) is 30.1 Å². The Bertz CT molecular complexity index is 1630. The molecule has 2 aliphatic heterocycles. The first-order valence-electron chi connectivity index (χ1n) is 15.2. The van der Waals surface area contributed by atoms with E-state index in [9.17, 15) is 14.4 Å². The zero-order valence-corrected chi connectivity index (χ0v) is 24.6. The van der Waals surface area contributed by atoms with Crippen molar-refractivity contribution in [2.45, 2.75) is 44.9 Å². The number of nitrogens with one attached hydrogen (secondary N) is 4. The number of amides is 3. The van der Waals surface area contributed by atoms with E-state index in [1.807, 2.05) is 23.1 Å². The highest BCUT2D eigenvalue weighted by atomic mass is 16.5. The molecule has 0 unspecified atom stereocenters. The number of nitrogens with zero attached hydrogens (tertiary/aromatic N) is 3. The second-order valence-corrected chi connectivity index (χ2v) is 11.5. The molecule has 4 aromatic rings. The molecule has 6 rings (SSSR count). The lowest BCUT2D eigenvalue weighted by Gasteiger charge is -2.26. The number of anilines is 1. The number of piperidine rings is 1. The van der Waals surface area contributed by atoms with Crippen molar-refractivity contribution >= 4 is 45.4 Å². The average Bonchev–Trinajstić information content (AvgIpc) is 3.81. The number of aromatic nitrogens is 3. The zero-order chi connectivity index (χ0) is 29.8. The molecule has 0 saturated carbocycles. The molecule has 0 aliphatic carbocycles. The van der Waals surface area contributed by atoms with Gasteiger partial charge in [-0.3, -0.25) is 9.89 Å². The molecule has 11 heteroatoms. The van der Waals surface area contributed by atoms with Crippen molar-refractivity contribution < 1.29 is 19.1 Å². The Hall–Kier alpha value is -4.38. The van der Waals surface area contributed by atoms with Gasteiger partial charge in [0, 0.05) is 54.6 Å². The van der Waals surface area contributed by atoms with Crippen LogP contribution in [-0.2, 0) is 16.0 Å². The van der Waals surface area contributed by atoms with E-state index in [-0.39, 0.29) is 11.9 Å². The van der Waals surface area contributed by atoms with Gasteiger partial charge in [0.25, 0.3) is 0 Å². The maximum atomic E-state index is 13.2. The average molecular weight is 586 g/mol. The molecule has 0 atom stereocenters. The maximum Gasteiger partial charge on any atom is 0.337 e. The first-order chi connectivity index (χ1) is 21.0. The van der Waals surface area contributed by atoms with Crippen LogP contribution < -0.4 is 10.6 Å². The first kappa shape index (κ1) is 28.7. The number of fused-ring (bicyclic) bond motifs is 2. The molecule has 2 aliphatic rings. The van der Waals surface area contributed by atoms with Crippen LogP contribution in [0.4, 0.5) is 10.5 Å². The number of aromatic amines is 2. The molecule has 0 bridgehead atoms. The summed E-state index contributed by atoms with van der Waals surface area (Å²) in [5.74, 6) is -0.418. The number of esters is 1. The molecule has 226 valence electrons. The molecule has 4 N–H and O–H groups in total. The second-order valence-electron chi connectivity index (χ2n) is 11.5. The highest BCUT2D eigenvalue weighted by Gasteiger charge is 2.21. The van der Waals surface area contributed by atoms with Gasteiger partial charge >= 0.3 is 12.0 Å². The number of hydrogen-bond acceptors (Lipinski definition) is 6. The fraction of sp³-hybridized carbons (Fsp3) is 0.438. The molecule has 0 radical (unpaired) electrons. The van der Waals surface area contributed by atoms with Gasteiger partial charge in [-0.1, -0.05) is 6.42 Å². The Labute approximate surface area is 250 Å². The van der Waals surface area contributed by atoms with Crippen molar-refractivity contribution in [3.8, 4) is 11.1 Å². The Balaban J connectivity index is 1.26. The topological polar surface area (TPSA) is 135 Å². The first-order valence-corrected chi connectivity index (χ1v) is 15.2.